The molecule has 2 aliphatic heterocycles. The minimum absolute atomic E-state index is 0.0431. The van der Waals surface area contributed by atoms with Gasteiger partial charge in [-0.2, -0.15) is 5.10 Å². The quantitative estimate of drug-likeness (QED) is 0.850. The predicted octanol–water partition coefficient (Wildman–Crippen LogP) is 2.25. The third kappa shape index (κ3) is 3.88. The summed E-state index contributed by atoms with van der Waals surface area (Å²) in [4.78, 5) is 27.8. The van der Waals surface area contributed by atoms with Gasteiger partial charge in [-0.15, -0.1) is 0 Å². The molecule has 2 aromatic rings. The van der Waals surface area contributed by atoms with Crippen molar-refractivity contribution in [3.8, 4) is 0 Å². The highest BCUT2D eigenvalue weighted by Crippen LogP contribution is 2.29. The Morgan fingerprint density at radius 1 is 1.11 bits per heavy atom. The Morgan fingerprint density at radius 2 is 1.86 bits per heavy atom. The molecular weight excluding hydrogens is 354 g/mol. The number of hydrogen-bond donors (Lipinski definition) is 2. The fraction of sp³-hybridized carbons (Fsp3) is 0.476. The fourth-order valence-corrected chi connectivity index (χ4v) is 4.39. The van der Waals surface area contributed by atoms with E-state index >= 15 is 0 Å². The summed E-state index contributed by atoms with van der Waals surface area (Å²) < 4.78 is 0. The molecule has 2 aliphatic rings. The zero-order valence-corrected chi connectivity index (χ0v) is 16.0. The van der Waals surface area contributed by atoms with E-state index in [9.17, 15) is 9.59 Å². The number of nitrogens with zero attached hydrogens (tertiary/aromatic N) is 3. The zero-order chi connectivity index (χ0) is 19.5. The number of carbonyl (C=O) groups is 2. The van der Waals surface area contributed by atoms with Gasteiger partial charge in [-0.1, -0.05) is 30.3 Å². The number of amides is 3. The maximum absolute atomic E-state index is 12.8. The van der Waals surface area contributed by atoms with E-state index in [-0.39, 0.29) is 11.9 Å². The van der Waals surface area contributed by atoms with Crippen molar-refractivity contribution in [1.82, 2.24) is 20.0 Å². The summed E-state index contributed by atoms with van der Waals surface area (Å²) in [6.45, 7) is 1.99. The van der Waals surface area contributed by atoms with E-state index < -0.39 is 6.03 Å². The summed E-state index contributed by atoms with van der Waals surface area (Å²) >= 11 is 0. The highest BCUT2D eigenvalue weighted by molar-refractivity contribution is 5.87. The van der Waals surface area contributed by atoms with Gasteiger partial charge in [-0.05, 0) is 37.3 Å². The molecule has 28 heavy (non-hydrogen) atoms. The number of H-pyrrole nitrogens is 1. The number of rotatable bonds is 4. The van der Waals surface area contributed by atoms with Crippen LogP contribution in [0.25, 0.3) is 0 Å². The predicted molar refractivity (Wildman–Crippen MR) is 106 cm³/mol. The van der Waals surface area contributed by atoms with E-state index in [4.69, 9.17) is 5.73 Å². The third-order valence-corrected chi connectivity index (χ3v) is 5.93. The Morgan fingerprint density at radius 3 is 2.57 bits per heavy atom. The second-order valence-electron chi connectivity index (χ2n) is 7.77. The van der Waals surface area contributed by atoms with Crippen LogP contribution in [-0.4, -0.2) is 57.6 Å². The van der Waals surface area contributed by atoms with Crippen LogP contribution in [0.3, 0.4) is 0 Å². The van der Waals surface area contributed by atoms with Crippen molar-refractivity contribution in [3.05, 3.63) is 53.3 Å². The summed E-state index contributed by atoms with van der Waals surface area (Å²) in [5.74, 6) is 0.405. The van der Waals surface area contributed by atoms with Crippen LogP contribution in [-0.2, 0) is 11.2 Å². The van der Waals surface area contributed by atoms with Crippen LogP contribution in [0, 0.1) is 0 Å². The lowest BCUT2D eigenvalue weighted by Crippen LogP contribution is -2.51. The van der Waals surface area contributed by atoms with Gasteiger partial charge in [-0.25, -0.2) is 4.79 Å². The number of piperidine rings is 1. The van der Waals surface area contributed by atoms with Gasteiger partial charge in [0.05, 0.1) is 5.69 Å². The van der Waals surface area contributed by atoms with Crippen molar-refractivity contribution >= 4 is 11.9 Å². The lowest BCUT2D eigenvalue weighted by Gasteiger charge is -2.34. The van der Waals surface area contributed by atoms with Crippen LogP contribution in [0.5, 0.6) is 0 Å². The Hall–Kier alpha value is -2.83. The molecule has 0 unspecified atom stereocenters. The molecule has 7 nitrogen and oxygen atoms in total. The van der Waals surface area contributed by atoms with Crippen molar-refractivity contribution in [2.24, 2.45) is 5.73 Å². The van der Waals surface area contributed by atoms with Crippen LogP contribution >= 0.6 is 0 Å². The summed E-state index contributed by atoms with van der Waals surface area (Å²) in [6, 6.07) is 11.6. The number of urea groups is 1. The van der Waals surface area contributed by atoms with Crippen molar-refractivity contribution in [2.45, 2.75) is 44.1 Å². The average Bonchev–Trinajstić information content (AvgIpc) is 3.38. The number of hydrogen-bond acceptors (Lipinski definition) is 3. The average molecular weight is 381 g/mol. The normalized spacial score (nSPS) is 20.5. The molecule has 0 spiro atoms. The maximum atomic E-state index is 12.8. The molecule has 4 rings (SSSR count). The largest absolute Gasteiger partial charge is 0.351 e. The SMILES string of the molecule is NC(=O)N1CCC[C@@H]1C(=O)N1CCC(c2cc(Cc3ccccc3)[nH]n2)CC1. The molecule has 0 aliphatic carbocycles. The molecule has 0 saturated carbocycles. The summed E-state index contributed by atoms with van der Waals surface area (Å²) in [7, 11) is 0. The van der Waals surface area contributed by atoms with Crippen molar-refractivity contribution < 1.29 is 9.59 Å². The number of aromatic nitrogens is 2. The lowest BCUT2D eigenvalue weighted by atomic mass is 9.92. The molecular formula is C21H27N5O2. The molecule has 2 fully saturated rings. The fourth-order valence-electron chi connectivity index (χ4n) is 4.39. The van der Waals surface area contributed by atoms with E-state index in [0.717, 1.165) is 37.1 Å². The van der Waals surface area contributed by atoms with Gasteiger partial charge in [-0.3, -0.25) is 9.89 Å². The molecule has 0 bridgehead atoms. The van der Waals surface area contributed by atoms with Crippen molar-refractivity contribution in [3.63, 3.8) is 0 Å². The second kappa shape index (κ2) is 8.04. The van der Waals surface area contributed by atoms with Gasteiger partial charge in [0.25, 0.3) is 0 Å². The number of carbonyl (C=O) groups excluding carboxylic acids is 2. The van der Waals surface area contributed by atoms with E-state index in [1.165, 1.54) is 10.5 Å². The smallest absolute Gasteiger partial charge is 0.315 e. The summed E-state index contributed by atoms with van der Waals surface area (Å²) in [6.07, 6.45) is 4.18. The van der Waals surface area contributed by atoms with Crippen molar-refractivity contribution in [1.29, 1.82) is 0 Å². The first-order valence-electron chi connectivity index (χ1n) is 10.0. The Bertz CT molecular complexity index is 826. The minimum Gasteiger partial charge on any atom is -0.351 e. The standard InChI is InChI=1S/C21H27N5O2/c22-21(28)26-10-4-7-19(26)20(27)25-11-8-16(9-12-25)18-14-17(23-24-18)13-15-5-2-1-3-6-15/h1-3,5-6,14,16,19H,4,7-13H2,(H2,22,28)(H,23,24)/t19-/m1/s1. The molecule has 3 heterocycles. The summed E-state index contributed by atoms with van der Waals surface area (Å²) in [5, 5.41) is 7.68. The third-order valence-electron chi connectivity index (χ3n) is 5.93. The first-order valence-corrected chi connectivity index (χ1v) is 10.0. The lowest BCUT2D eigenvalue weighted by molar-refractivity contribution is -0.136. The molecule has 3 amide bonds. The molecule has 1 aromatic heterocycles. The number of primary amides is 1. The van der Waals surface area contributed by atoms with Crippen LogP contribution < -0.4 is 5.73 Å². The Labute approximate surface area is 164 Å². The Kier molecular flexibility index (Phi) is 5.32. The van der Waals surface area contributed by atoms with Gasteiger partial charge in [0.2, 0.25) is 5.91 Å². The molecule has 1 atom stereocenters. The molecule has 7 heteroatoms. The van der Waals surface area contributed by atoms with Gasteiger partial charge in [0.1, 0.15) is 6.04 Å². The number of nitrogens with two attached hydrogens (primary N) is 1. The molecule has 2 saturated heterocycles. The van der Waals surface area contributed by atoms with Crippen LogP contribution in [0.4, 0.5) is 4.79 Å². The highest BCUT2D eigenvalue weighted by atomic mass is 16.2. The van der Waals surface area contributed by atoms with Crippen molar-refractivity contribution in [2.75, 3.05) is 19.6 Å². The number of nitrogens with one attached hydrogen (secondary N) is 1. The molecule has 1 aromatic carbocycles. The van der Waals surface area contributed by atoms with Crippen LogP contribution in [0.1, 0.15) is 48.6 Å². The first kappa shape index (κ1) is 18.5. The van der Waals surface area contributed by atoms with E-state index in [1.807, 2.05) is 23.1 Å². The topological polar surface area (TPSA) is 95.3 Å². The molecule has 0 radical (unpaired) electrons. The molecule has 148 valence electrons. The van der Waals surface area contributed by atoms with Crippen LogP contribution in [0.2, 0.25) is 0 Å². The summed E-state index contributed by atoms with van der Waals surface area (Å²) in [5.41, 5.74) is 8.87. The highest BCUT2D eigenvalue weighted by Gasteiger charge is 2.37. The van der Waals surface area contributed by atoms with E-state index in [0.29, 0.717) is 32.0 Å². The number of likely N-dealkylation sites (tertiary alicyclic amines) is 2. The van der Waals surface area contributed by atoms with Gasteiger partial charge in [0, 0.05) is 37.7 Å². The van der Waals surface area contributed by atoms with E-state index in [2.05, 4.69) is 28.4 Å². The van der Waals surface area contributed by atoms with Crippen LogP contribution in [0.15, 0.2) is 36.4 Å². The van der Waals surface area contributed by atoms with Gasteiger partial charge >= 0.3 is 6.03 Å². The van der Waals surface area contributed by atoms with Gasteiger partial charge in [0.15, 0.2) is 0 Å². The number of benzene rings is 1. The second-order valence-corrected chi connectivity index (χ2v) is 7.77. The zero-order valence-electron chi connectivity index (χ0n) is 16.0. The Balaban J connectivity index is 1.33. The minimum atomic E-state index is -0.492. The maximum Gasteiger partial charge on any atom is 0.315 e. The molecule has 3 N–H and O–H groups in total. The van der Waals surface area contributed by atoms with Gasteiger partial charge < -0.3 is 15.5 Å². The number of aromatic amines is 1. The van der Waals surface area contributed by atoms with E-state index in [1.54, 1.807) is 0 Å². The first-order chi connectivity index (χ1) is 13.6. The monoisotopic (exact) mass is 381 g/mol.